The van der Waals surface area contributed by atoms with Crippen LogP contribution in [0.2, 0.25) is 0 Å². The van der Waals surface area contributed by atoms with Gasteiger partial charge in [0.25, 0.3) is 0 Å². The maximum atomic E-state index is 10.9. The Bertz CT molecular complexity index is 607. The topological polar surface area (TPSA) is 20.2 Å². The van der Waals surface area contributed by atoms with Gasteiger partial charge in [-0.15, -0.1) is 0 Å². The standard InChI is InChI=1S/C20H24O/c1-19(2,3)18-10-8-15(9-11-18)12-20(21)13-16-6-4-5-7-17(16)14-20/h4-11,21H,12-14H2,1-3H3. The van der Waals surface area contributed by atoms with Crippen LogP contribution in [-0.2, 0) is 24.7 Å². The van der Waals surface area contributed by atoms with Crippen LogP contribution in [0.3, 0.4) is 0 Å². The van der Waals surface area contributed by atoms with Crippen LogP contribution in [0.15, 0.2) is 48.5 Å². The molecule has 2 aromatic rings. The molecule has 1 aliphatic rings. The SMILES string of the molecule is CC(C)(C)c1ccc(CC2(O)Cc3ccccc3C2)cc1. The Morgan fingerprint density at radius 1 is 0.905 bits per heavy atom. The van der Waals surface area contributed by atoms with Crippen LogP contribution in [0.4, 0.5) is 0 Å². The highest BCUT2D eigenvalue weighted by Gasteiger charge is 2.34. The molecule has 0 amide bonds. The third kappa shape index (κ3) is 3.03. The molecule has 0 fully saturated rings. The van der Waals surface area contributed by atoms with Crippen LogP contribution in [0.5, 0.6) is 0 Å². The number of rotatable bonds is 2. The van der Waals surface area contributed by atoms with E-state index in [-0.39, 0.29) is 5.41 Å². The van der Waals surface area contributed by atoms with Crippen LogP contribution >= 0.6 is 0 Å². The molecule has 1 N–H and O–H groups in total. The maximum absolute atomic E-state index is 10.9. The Morgan fingerprint density at radius 2 is 1.43 bits per heavy atom. The molecule has 0 heterocycles. The predicted molar refractivity (Wildman–Crippen MR) is 87.6 cm³/mol. The summed E-state index contributed by atoms with van der Waals surface area (Å²) in [5.74, 6) is 0. The van der Waals surface area contributed by atoms with Gasteiger partial charge in [-0.3, -0.25) is 0 Å². The maximum Gasteiger partial charge on any atom is 0.0768 e. The molecule has 0 aromatic heterocycles. The average Bonchev–Trinajstić information content (AvgIpc) is 2.73. The Kier molecular flexibility index (Phi) is 3.41. The summed E-state index contributed by atoms with van der Waals surface area (Å²) in [7, 11) is 0. The molecule has 1 nitrogen and oxygen atoms in total. The van der Waals surface area contributed by atoms with E-state index in [4.69, 9.17) is 0 Å². The van der Waals surface area contributed by atoms with Crippen molar-refractivity contribution in [3.8, 4) is 0 Å². The molecule has 2 aromatic carbocycles. The molecule has 0 radical (unpaired) electrons. The predicted octanol–water partition coefficient (Wildman–Crippen LogP) is 4.06. The minimum Gasteiger partial charge on any atom is -0.389 e. The second-order valence-electron chi connectivity index (χ2n) is 7.47. The van der Waals surface area contributed by atoms with Crippen LogP contribution < -0.4 is 0 Å². The van der Waals surface area contributed by atoms with Gasteiger partial charge in [-0.25, -0.2) is 0 Å². The van der Waals surface area contributed by atoms with E-state index in [1.807, 2.05) is 0 Å². The van der Waals surface area contributed by atoms with E-state index in [1.54, 1.807) is 0 Å². The molecule has 110 valence electrons. The van der Waals surface area contributed by atoms with Gasteiger partial charge in [0.1, 0.15) is 0 Å². The lowest BCUT2D eigenvalue weighted by molar-refractivity contribution is 0.0518. The lowest BCUT2D eigenvalue weighted by Crippen LogP contribution is -2.32. The fourth-order valence-corrected chi connectivity index (χ4v) is 3.30. The minimum atomic E-state index is -0.618. The summed E-state index contributed by atoms with van der Waals surface area (Å²) in [6, 6.07) is 17.1. The zero-order valence-corrected chi connectivity index (χ0v) is 13.2. The van der Waals surface area contributed by atoms with Crippen molar-refractivity contribution in [3.63, 3.8) is 0 Å². The van der Waals surface area contributed by atoms with Crippen molar-refractivity contribution in [2.45, 2.75) is 51.0 Å². The summed E-state index contributed by atoms with van der Waals surface area (Å²) >= 11 is 0. The summed E-state index contributed by atoms with van der Waals surface area (Å²) in [4.78, 5) is 0. The van der Waals surface area contributed by atoms with Gasteiger partial charge < -0.3 is 5.11 Å². The van der Waals surface area contributed by atoms with E-state index in [0.717, 1.165) is 19.3 Å². The van der Waals surface area contributed by atoms with Crippen molar-refractivity contribution in [1.82, 2.24) is 0 Å². The molecule has 0 atom stereocenters. The van der Waals surface area contributed by atoms with Gasteiger partial charge in [0, 0.05) is 19.3 Å². The molecule has 21 heavy (non-hydrogen) atoms. The van der Waals surface area contributed by atoms with Gasteiger partial charge in [0.15, 0.2) is 0 Å². The van der Waals surface area contributed by atoms with Crippen molar-refractivity contribution in [2.24, 2.45) is 0 Å². The van der Waals surface area contributed by atoms with E-state index in [9.17, 15) is 5.11 Å². The van der Waals surface area contributed by atoms with Gasteiger partial charge in [-0.1, -0.05) is 69.3 Å². The molecule has 0 aliphatic heterocycles. The number of aliphatic hydroxyl groups is 1. The monoisotopic (exact) mass is 280 g/mol. The smallest absolute Gasteiger partial charge is 0.0768 e. The molecule has 0 unspecified atom stereocenters. The van der Waals surface area contributed by atoms with Crippen LogP contribution in [0.25, 0.3) is 0 Å². The van der Waals surface area contributed by atoms with E-state index >= 15 is 0 Å². The summed E-state index contributed by atoms with van der Waals surface area (Å²) < 4.78 is 0. The number of hydrogen-bond donors (Lipinski definition) is 1. The second-order valence-corrected chi connectivity index (χ2v) is 7.47. The van der Waals surface area contributed by atoms with Gasteiger partial charge in [0.05, 0.1) is 5.60 Å². The Balaban J connectivity index is 1.76. The highest BCUT2D eigenvalue weighted by atomic mass is 16.3. The fourth-order valence-electron chi connectivity index (χ4n) is 3.30. The number of benzene rings is 2. The van der Waals surface area contributed by atoms with E-state index in [2.05, 4.69) is 69.3 Å². The summed E-state index contributed by atoms with van der Waals surface area (Å²) in [5.41, 5.74) is 4.72. The van der Waals surface area contributed by atoms with Gasteiger partial charge >= 0.3 is 0 Å². The Morgan fingerprint density at radius 3 is 1.90 bits per heavy atom. The Hall–Kier alpha value is -1.60. The van der Waals surface area contributed by atoms with Gasteiger partial charge in [-0.05, 0) is 27.7 Å². The lowest BCUT2D eigenvalue weighted by atomic mass is 9.85. The minimum absolute atomic E-state index is 0.180. The third-order valence-electron chi connectivity index (χ3n) is 4.51. The molecule has 0 saturated carbocycles. The van der Waals surface area contributed by atoms with E-state index < -0.39 is 5.60 Å². The van der Waals surface area contributed by atoms with E-state index in [1.165, 1.54) is 22.3 Å². The molecule has 3 rings (SSSR count). The van der Waals surface area contributed by atoms with Crippen molar-refractivity contribution >= 4 is 0 Å². The first kappa shape index (κ1) is 14.3. The highest BCUT2D eigenvalue weighted by Crippen LogP contribution is 2.33. The lowest BCUT2D eigenvalue weighted by Gasteiger charge is -2.23. The first-order chi connectivity index (χ1) is 9.86. The fraction of sp³-hybridized carbons (Fsp3) is 0.400. The quantitative estimate of drug-likeness (QED) is 0.879. The average molecular weight is 280 g/mol. The van der Waals surface area contributed by atoms with Crippen molar-refractivity contribution < 1.29 is 5.11 Å². The molecular formula is C20H24O. The molecule has 1 aliphatic carbocycles. The van der Waals surface area contributed by atoms with Crippen molar-refractivity contribution in [2.75, 3.05) is 0 Å². The first-order valence-electron chi connectivity index (χ1n) is 7.74. The summed E-state index contributed by atoms with van der Waals surface area (Å²) in [6.45, 7) is 6.68. The number of hydrogen-bond acceptors (Lipinski definition) is 1. The zero-order valence-electron chi connectivity index (χ0n) is 13.2. The molecule has 0 spiro atoms. The zero-order chi connectivity index (χ0) is 15.1. The number of fused-ring (bicyclic) bond motifs is 1. The third-order valence-corrected chi connectivity index (χ3v) is 4.51. The highest BCUT2D eigenvalue weighted by molar-refractivity contribution is 5.37. The van der Waals surface area contributed by atoms with E-state index in [0.29, 0.717) is 0 Å². The van der Waals surface area contributed by atoms with Crippen LogP contribution in [-0.4, -0.2) is 10.7 Å². The largest absolute Gasteiger partial charge is 0.389 e. The molecule has 0 bridgehead atoms. The summed E-state index contributed by atoms with van der Waals surface area (Å²) in [6.07, 6.45) is 2.26. The Labute approximate surface area is 127 Å². The normalized spacial score (nSPS) is 16.8. The van der Waals surface area contributed by atoms with Gasteiger partial charge in [-0.2, -0.15) is 0 Å². The molecule has 1 heteroatoms. The van der Waals surface area contributed by atoms with Crippen molar-refractivity contribution in [1.29, 1.82) is 0 Å². The first-order valence-corrected chi connectivity index (χ1v) is 7.74. The van der Waals surface area contributed by atoms with Crippen LogP contribution in [0, 0.1) is 0 Å². The van der Waals surface area contributed by atoms with Crippen LogP contribution in [0.1, 0.15) is 43.0 Å². The molecule has 0 saturated heterocycles. The van der Waals surface area contributed by atoms with Gasteiger partial charge in [0.2, 0.25) is 0 Å². The molecular weight excluding hydrogens is 256 g/mol. The second kappa shape index (κ2) is 4.99. The summed E-state index contributed by atoms with van der Waals surface area (Å²) in [5, 5.41) is 10.9. The van der Waals surface area contributed by atoms with Crippen molar-refractivity contribution in [3.05, 3.63) is 70.8 Å².